The fourth-order valence-corrected chi connectivity index (χ4v) is 1.72. The third kappa shape index (κ3) is 2.29. The van der Waals surface area contributed by atoms with Gasteiger partial charge >= 0.3 is 6.18 Å². The van der Waals surface area contributed by atoms with Crippen molar-refractivity contribution in [3.8, 4) is 5.82 Å². The first-order valence-corrected chi connectivity index (χ1v) is 5.14. The van der Waals surface area contributed by atoms with Gasteiger partial charge in [-0.2, -0.15) is 13.2 Å². The van der Waals surface area contributed by atoms with Crippen LogP contribution in [0.4, 0.5) is 13.2 Å². The molecule has 0 spiro atoms. The van der Waals surface area contributed by atoms with E-state index < -0.39 is 11.7 Å². The van der Waals surface area contributed by atoms with E-state index in [0.717, 1.165) is 18.0 Å². The topological polar surface area (TPSA) is 17.8 Å². The highest BCUT2D eigenvalue weighted by Crippen LogP contribution is 2.32. The zero-order chi connectivity index (χ0) is 12.6. The maximum Gasteiger partial charge on any atom is 0.417 e. The first kappa shape index (κ1) is 12.0. The van der Waals surface area contributed by atoms with Crippen LogP contribution >= 0.6 is 11.6 Å². The van der Waals surface area contributed by atoms with E-state index in [1.807, 2.05) is 13.0 Å². The Bertz CT molecular complexity index is 546. The Morgan fingerprint density at radius 1 is 1.35 bits per heavy atom. The van der Waals surface area contributed by atoms with E-state index >= 15 is 0 Å². The summed E-state index contributed by atoms with van der Waals surface area (Å²) < 4.78 is 38.9. The van der Waals surface area contributed by atoms with Gasteiger partial charge in [0.2, 0.25) is 0 Å². The van der Waals surface area contributed by atoms with Crippen molar-refractivity contribution in [3.05, 3.63) is 46.9 Å². The van der Waals surface area contributed by atoms with Crippen molar-refractivity contribution in [2.45, 2.75) is 13.1 Å². The van der Waals surface area contributed by atoms with E-state index in [1.165, 1.54) is 0 Å². The first-order chi connectivity index (χ1) is 7.89. The van der Waals surface area contributed by atoms with Crippen LogP contribution in [0.15, 0.2) is 30.6 Å². The Labute approximate surface area is 101 Å². The predicted molar refractivity (Wildman–Crippen MR) is 58.3 cm³/mol. The summed E-state index contributed by atoms with van der Waals surface area (Å²) >= 11 is 5.82. The lowest BCUT2D eigenvalue weighted by Gasteiger charge is -2.10. The zero-order valence-electron chi connectivity index (χ0n) is 8.79. The van der Waals surface area contributed by atoms with Gasteiger partial charge in [0.15, 0.2) is 5.82 Å². The van der Waals surface area contributed by atoms with Crippen molar-refractivity contribution < 1.29 is 13.2 Å². The lowest BCUT2D eigenvalue weighted by atomic mass is 10.3. The standard InChI is InChI=1S/C11H8ClF3N2/c1-7-3-2-4-17(7)10-9(12)5-8(6-16-10)11(13,14)15/h2-6H,1H3. The van der Waals surface area contributed by atoms with Crippen molar-refractivity contribution in [2.24, 2.45) is 0 Å². The Morgan fingerprint density at radius 3 is 2.53 bits per heavy atom. The average molecular weight is 261 g/mol. The molecule has 6 heteroatoms. The molecular formula is C11H8ClF3N2. The summed E-state index contributed by atoms with van der Waals surface area (Å²) in [6, 6.07) is 4.46. The van der Waals surface area contributed by atoms with Crippen LogP contribution in [-0.2, 0) is 6.18 Å². The third-order valence-corrected chi connectivity index (χ3v) is 2.61. The Hall–Kier alpha value is -1.49. The summed E-state index contributed by atoms with van der Waals surface area (Å²) in [7, 11) is 0. The van der Waals surface area contributed by atoms with E-state index in [9.17, 15) is 13.2 Å². The molecule has 2 aromatic heterocycles. The van der Waals surface area contributed by atoms with Crippen LogP contribution in [0.1, 0.15) is 11.3 Å². The van der Waals surface area contributed by atoms with Crippen LogP contribution in [0.25, 0.3) is 5.82 Å². The van der Waals surface area contributed by atoms with Crippen molar-refractivity contribution in [1.82, 2.24) is 9.55 Å². The summed E-state index contributed by atoms with van der Waals surface area (Å²) in [4.78, 5) is 3.76. The highest BCUT2D eigenvalue weighted by molar-refractivity contribution is 6.32. The highest BCUT2D eigenvalue weighted by atomic mass is 35.5. The molecule has 2 heterocycles. The van der Waals surface area contributed by atoms with E-state index in [-0.39, 0.29) is 5.02 Å². The second-order valence-electron chi connectivity index (χ2n) is 3.55. The molecule has 2 aromatic rings. The molecule has 2 nitrogen and oxygen atoms in total. The monoisotopic (exact) mass is 260 g/mol. The van der Waals surface area contributed by atoms with Crippen LogP contribution in [0.2, 0.25) is 5.02 Å². The molecule has 0 N–H and O–H groups in total. The van der Waals surface area contributed by atoms with Gasteiger partial charge in [0.05, 0.1) is 10.6 Å². The van der Waals surface area contributed by atoms with E-state index in [2.05, 4.69) is 4.98 Å². The molecule has 0 aliphatic carbocycles. The predicted octanol–water partition coefficient (Wildman–Crippen LogP) is 3.85. The smallest absolute Gasteiger partial charge is 0.305 e. The third-order valence-electron chi connectivity index (χ3n) is 2.33. The summed E-state index contributed by atoms with van der Waals surface area (Å²) in [5.74, 6) is 0.294. The summed E-state index contributed by atoms with van der Waals surface area (Å²) in [5, 5.41) is -0.0286. The molecule has 0 aliphatic rings. The van der Waals surface area contributed by atoms with Crippen molar-refractivity contribution in [1.29, 1.82) is 0 Å². The van der Waals surface area contributed by atoms with Gasteiger partial charge in [0.25, 0.3) is 0 Å². The van der Waals surface area contributed by atoms with Gasteiger partial charge in [-0.3, -0.25) is 0 Å². The summed E-state index contributed by atoms with van der Waals surface area (Å²) in [6.07, 6.45) is -1.96. The molecular weight excluding hydrogens is 253 g/mol. The normalized spacial score (nSPS) is 11.8. The Kier molecular flexibility index (Phi) is 2.87. The number of pyridine rings is 1. The molecule has 0 saturated carbocycles. The number of aryl methyl sites for hydroxylation is 1. The molecule has 0 unspecified atom stereocenters. The SMILES string of the molecule is Cc1cccn1-c1ncc(C(F)(F)F)cc1Cl. The number of alkyl halides is 3. The van der Waals surface area contributed by atoms with Crippen molar-refractivity contribution in [3.63, 3.8) is 0 Å². The number of aromatic nitrogens is 2. The lowest BCUT2D eigenvalue weighted by molar-refractivity contribution is -0.137. The fraction of sp³-hybridized carbons (Fsp3) is 0.182. The minimum atomic E-state index is -4.43. The molecule has 0 amide bonds. The molecule has 0 aromatic carbocycles. The van der Waals surface area contributed by atoms with Crippen LogP contribution in [0, 0.1) is 6.92 Å². The molecule has 17 heavy (non-hydrogen) atoms. The molecule has 0 bridgehead atoms. The molecule has 2 rings (SSSR count). The fourth-order valence-electron chi connectivity index (χ4n) is 1.47. The van der Waals surface area contributed by atoms with Crippen LogP contribution in [0.5, 0.6) is 0 Å². The summed E-state index contributed by atoms with van der Waals surface area (Å²) in [5.41, 5.74) is -0.00443. The number of hydrogen-bond donors (Lipinski definition) is 0. The van der Waals surface area contributed by atoms with Crippen molar-refractivity contribution in [2.75, 3.05) is 0 Å². The minimum Gasteiger partial charge on any atom is -0.305 e. The zero-order valence-corrected chi connectivity index (χ0v) is 9.55. The molecule has 0 aliphatic heterocycles. The lowest BCUT2D eigenvalue weighted by Crippen LogP contribution is -2.07. The Morgan fingerprint density at radius 2 is 2.06 bits per heavy atom. The van der Waals surface area contributed by atoms with Gasteiger partial charge in [-0.25, -0.2) is 4.98 Å². The second-order valence-corrected chi connectivity index (χ2v) is 3.95. The number of rotatable bonds is 1. The Balaban J connectivity index is 2.50. The molecule has 0 atom stereocenters. The van der Waals surface area contributed by atoms with Gasteiger partial charge in [0, 0.05) is 18.1 Å². The largest absolute Gasteiger partial charge is 0.417 e. The first-order valence-electron chi connectivity index (χ1n) is 4.76. The van der Waals surface area contributed by atoms with Gasteiger partial charge in [-0.05, 0) is 25.1 Å². The molecule has 0 fully saturated rings. The van der Waals surface area contributed by atoms with E-state index in [4.69, 9.17) is 11.6 Å². The van der Waals surface area contributed by atoms with E-state index in [0.29, 0.717) is 5.82 Å². The van der Waals surface area contributed by atoms with Crippen LogP contribution in [-0.4, -0.2) is 9.55 Å². The molecule has 0 saturated heterocycles. The number of halogens is 4. The maximum absolute atomic E-state index is 12.4. The van der Waals surface area contributed by atoms with Gasteiger partial charge < -0.3 is 4.57 Å². The van der Waals surface area contributed by atoms with Gasteiger partial charge in [-0.15, -0.1) is 0 Å². The van der Waals surface area contributed by atoms with Crippen LogP contribution < -0.4 is 0 Å². The van der Waals surface area contributed by atoms with E-state index in [1.54, 1.807) is 16.8 Å². The van der Waals surface area contributed by atoms with Gasteiger partial charge in [-0.1, -0.05) is 11.6 Å². The molecule has 0 radical (unpaired) electrons. The van der Waals surface area contributed by atoms with Gasteiger partial charge in [0.1, 0.15) is 0 Å². The quantitative estimate of drug-likeness (QED) is 0.761. The number of hydrogen-bond acceptors (Lipinski definition) is 1. The number of nitrogens with zero attached hydrogens (tertiary/aromatic N) is 2. The van der Waals surface area contributed by atoms with Crippen LogP contribution in [0.3, 0.4) is 0 Å². The summed E-state index contributed by atoms with van der Waals surface area (Å²) in [6.45, 7) is 1.82. The maximum atomic E-state index is 12.4. The second kappa shape index (κ2) is 4.07. The van der Waals surface area contributed by atoms with Crippen molar-refractivity contribution >= 4 is 11.6 Å². The minimum absolute atomic E-state index is 0.0286. The molecule has 90 valence electrons. The average Bonchev–Trinajstić information content (AvgIpc) is 2.63. The highest BCUT2D eigenvalue weighted by Gasteiger charge is 2.31.